The minimum Gasteiger partial charge on any atom is -0.352 e. The summed E-state index contributed by atoms with van der Waals surface area (Å²) >= 11 is 1.65. The lowest BCUT2D eigenvalue weighted by Crippen LogP contribution is -2.22. The topological polar surface area (TPSA) is 29.1 Å². The summed E-state index contributed by atoms with van der Waals surface area (Å²) in [4.78, 5) is 13.7. The average molecular weight is 484 g/mol. The number of hydrogen-bond donors (Lipinski definition) is 1. The number of halogens is 4. The number of thioether (sulfide) groups is 1. The third-order valence-corrected chi connectivity index (χ3v) is 6.27. The molecule has 3 aromatic rings. The number of allylic oxidation sites excluding steroid dienone is 2. The van der Waals surface area contributed by atoms with Crippen LogP contribution >= 0.6 is 11.8 Å². The molecule has 0 saturated carbocycles. The van der Waals surface area contributed by atoms with Gasteiger partial charge in [0, 0.05) is 11.4 Å². The lowest BCUT2D eigenvalue weighted by molar-refractivity contribution is -0.137. The van der Waals surface area contributed by atoms with Gasteiger partial charge in [-0.1, -0.05) is 30.3 Å². The molecule has 1 aliphatic rings. The van der Waals surface area contributed by atoms with Crippen molar-refractivity contribution in [3.63, 3.8) is 0 Å². The normalized spacial score (nSPS) is 14.1. The fourth-order valence-electron chi connectivity index (χ4n) is 3.77. The van der Waals surface area contributed by atoms with Crippen LogP contribution in [0.5, 0.6) is 0 Å². The molecule has 0 heterocycles. The van der Waals surface area contributed by atoms with E-state index in [1.807, 2.05) is 42.7 Å². The van der Waals surface area contributed by atoms with E-state index in [9.17, 15) is 22.4 Å². The first-order valence-corrected chi connectivity index (χ1v) is 11.7. The van der Waals surface area contributed by atoms with Gasteiger partial charge >= 0.3 is 6.18 Å². The van der Waals surface area contributed by atoms with Gasteiger partial charge in [-0.15, -0.1) is 11.8 Å². The summed E-state index contributed by atoms with van der Waals surface area (Å²) in [5.74, 6) is -0.688. The van der Waals surface area contributed by atoms with Crippen molar-refractivity contribution in [2.24, 2.45) is 0 Å². The summed E-state index contributed by atoms with van der Waals surface area (Å²) in [5.41, 5.74) is 3.90. The molecule has 34 heavy (non-hydrogen) atoms. The summed E-state index contributed by atoms with van der Waals surface area (Å²) in [6.45, 7) is 0.102. The molecule has 0 aromatic heterocycles. The SMILES string of the molecule is CSc1ccc(/C=C2\C=C(CC(=O)NCc3ccc(C(F)(F)F)cc3)c3cc(F)ccc32)cc1. The first kappa shape index (κ1) is 23.8. The van der Waals surface area contributed by atoms with Crippen LogP contribution in [-0.4, -0.2) is 12.2 Å². The first-order valence-electron chi connectivity index (χ1n) is 10.5. The van der Waals surface area contributed by atoms with E-state index in [0.717, 1.165) is 33.7 Å². The van der Waals surface area contributed by atoms with E-state index in [1.165, 1.54) is 24.3 Å². The second-order valence-electron chi connectivity index (χ2n) is 7.88. The van der Waals surface area contributed by atoms with Crippen LogP contribution in [0.1, 0.15) is 34.2 Å². The molecular formula is C27H21F4NOS. The Labute approximate surface area is 199 Å². The van der Waals surface area contributed by atoms with Crippen LogP contribution in [0.25, 0.3) is 17.2 Å². The summed E-state index contributed by atoms with van der Waals surface area (Å²) in [7, 11) is 0. The van der Waals surface area contributed by atoms with Gasteiger partial charge < -0.3 is 5.32 Å². The zero-order valence-electron chi connectivity index (χ0n) is 18.2. The van der Waals surface area contributed by atoms with Crippen LogP contribution in [0.4, 0.5) is 17.6 Å². The molecular weight excluding hydrogens is 462 g/mol. The predicted octanol–water partition coefficient (Wildman–Crippen LogP) is 7.21. The molecule has 1 N–H and O–H groups in total. The maximum atomic E-state index is 14.0. The van der Waals surface area contributed by atoms with Crippen molar-refractivity contribution >= 4 is 34.9 Å². The summed E-state index contributed by atoms with van der Waals surface area (Å²) in [6.07, 6.45) is 1.51. The fraction of sp³-hybridized carbons (Fsp3) is 0.148. The molecule has 0 spiro atoms. The number of alkyl halides is 3. The molecule has 0 radical (unpaired) electrons. The molecule has 0 aliphatic heterocycles. The number of benzene rings is 3. The van der Waals surface area contributed by atoms with Crippen molar-refractivity contribution < 1.29 is 22.4 Å². The summed E-state index contributed by atoms with van der Waals surface area (Å²) in [5, 5.41) is 2.73. The van der Waals surface area contributed by atoms with Gasteiger partial charge in [0.05, 0.1) is 12.0 Å². The second kappa shape index (κ2) is 9.89. The van der Waals surface area contributed by atoms with E-state index < -0.39 is 11.7 Å². The first-order chi connectivity index (χ1) is 16.2. The molecule has 7 heteroatoms. The highest BCUT2D eigenvalue weighted by molar-refractivity contribution is 7.98. The van der Waals surface area contributed by atoms with Gasteiger partial charge in [0.2, 0.25) is 5.91 Å². The average Bonchev–Trinajstić information content (AvgIpc) is 3.13. The number of carbonyl (C=O) groups excluding carboxylic acids is 1. The van der Waals surface area contributed by atoms with Gasteiger partial charge in [-0.2, -0.15) is 13.2 Å². The highest BCUT2D eigenvalue weighted by Crippen LogP contribution is 2.38. The van der Waals surface area contributed by atoms with Crippen molar-refractivity contribution in [3.05, 3.63) is 106 Å². The second-order valence-corrected chi connectivity index (χ2v) is 8.76. The van der Waals surface area contributed by atoms with Gasteiger partial charge in [0.25, 0.3) is 0 Å². The summed E-state index contributed by atoms with van der Waals surface area (Å²) < 4.78 is 52.1. The van der Waals surface area contributed by atoms with E-state index in [4.69, 9.17) is 0 Å². The number of carbonyl (C=O) groups is 1. The number of rotatable bonds is 6. The molecule has 174 valence electrons. The van der Waals surface area contributed by atoms with Crippen LogP contribution in [0, 0.1) is 5.82 Å². The highest BCUT2D eigenvalue weighted by Gasteiger charge is 2.30. The Morgan fingerprint density at radius 3 is 2.32 bits per heavy atom. The monoisotopic (exact) mass is 483 g/mol. The predicted molar refractivity (Wildman–Crippen MR) is 128 cm³/mol. The Morgan fingerprint density at radius 1 is 0.971 bits per heavy atom. The highest BCUT2D eigenvalue weighted by atomic mass is 32.2. The summed E-state index contributed by atoms with van der Waals surface area (Å²) in [6, 6.07) is 17.2. The van der Waals surface area contributed by atoms with E-state index in [2.05, 4.69) is 5.32 Å². The molecule has 0 bridgehead atoms. The van der Waals surface area contributed by atoms with Crippen LogP contribution in [0.3, 0.4) is 0 Å². The Kier molecular flexibility index (Phi) is 6.93. The van der Waals surface area contributed by atoms with E-state index in [0.29, 0.717) is 16.7 Å². The number of amides is 1. The van der Waals surface area contributed by atoms with Crippen molar-refractivity contribution in [1.29, 1.82) is 0 Å². The zero-order valence-corrected chi connectivity index (χ0v) is 19.1. The van der Waals surface area contributed by atoms with Gasteiger partial charge in [-0.3, -0.25) is 4.79 Å². The zero-order chi connectivity index (χ0) is 24.3. The van der Waals surface area contributed by atoms with Crippen LogP contribution < -0.4 is 5.32 Å². The quantitative estimate of drug-likeness (QED) is 0.297. The molecule has 3 aromatic carbocycles. The molecule has 0 saturated heterocycles. The van der Waals surface area contributed by atoms with Crippen LogP contribution in [0.2, 0.25) is 0 Å². The molecule has 0 fully saturated rings. The van der Waals surface area contributed by atoms with Crippen LogP contribution in [0.15, 0.2) is 77.7 Å². The minimum atomic E-state index is -4.40. The molecule has 1 aliphatic carbocycles. The molecule has 0 unspecified atom stereocenters. The molecule has 1 amide bonds. The molecule has 4 rings (SSSR count). The van der Waals surface area contributed by atoms with Crippen molar-refractivity contribution in [1.82, 2.24) is 5.32 Å². The standard InChI is InChI=1S/C27H21F4NOS/c1-34-23-9-4-17(5-10-23)12-19-13-20(25-15-22(28)8-11-24(19)25)14-26(33)32-16-18-2-6-21(7-3-18)27(29,30)31/h2-13,15H,14,16H2,1H3,(H,32,33)/b19-12+. The van der Waals surface area contributed by atoms with Gasteiger partial charge in [-0.25, -0.2) is 4.39 Å². The van der Waals surface area contributed by atoms with E-state index in [-0.39, 0.29) is 24.7 Å². The lowest BCUT2D eigenvalue weighted by atomic mass is 10.0. The minimum absolute atomic E-state index is 0.0276. The Balaban J connectivity index is 1.49. The number of hydrogen-bond acceptors (Lipinski definition) is 2. The van der Waals surface area contributed by atoms with Gasteiger partial charge in [0.1, 0.15) is 5.82 Å². The van der Waals surface area contributed by atoms with E-state index in [1.54, 1.807) is 17.8 Å². The number of nitrogens with one attached hydrogen (secondary N) is 1. The number of fused-ring (bicyclic) bond motifs is 1. The molecule has 0 atom stereocenters. The maximum Gasteiger partial charge on any atom is 0.416 e. The van der Waals surface area contributed by atoms with Crippen molar-refractivity contribution in [2.75, 3.05) is 6.26 Å². The van der Waals surface area contributed by atoms with Crippen LogP contribution in [-0.2, 0) is 17.5 Å². The van der Waals surface area contributed by atoms with Crippen molar-refractivity contribution in [2.45, 2.75) is 24.0 Å². The maximum absolute atomic E-state index is 14.0. The molecule has 2 nitrogen and oxygen atoms in total. The van der Waals surface area contributed by atoms with Crippen molar-refractivity contribution in [3.8, 4) is 0 Å². The Bertz CT molecular complexity index is 1260. The van der Waals surface area contributed by atoms with Gasteiger partial charge in [0.15, 0.2) is 0 Å². The Morgan fingerprint density at radius 2 is 1.68 bits per heavy atom. The Hall–Kier alpha value is -3.32. The lowest BCUT2D eigenvalue weighted by Gasteiger charge is -2.09. The fourth-order valence-corrected chi connectivity index (χ4v) is 4.18. The third-order valence-electron chi connectivity index (χ3n) is 5.53. The van der Waals surface area contributed by atoms with Gasteiger partial charge in [-0.05, 0) is 88.2 Å². The third kappa shape index (κ3) is 5.59. The largest absolute Gasteiger partial charge is 0.416 e. The van der Waals surface area contributed by atoms with E-state index >= 15 is 0 Å². The smallest absolute Gasteiger partial charge is 0.352 e.